The molecule has 4 heteroatoms. The average molecular weight is 229 g/mol. The van der Waals surface area contributed by atoms with Crippen molar-refractivity contribution in [1.82, 2.24) is 4.90 Å². The summed E-state index contributed by atoms with van der Waals surface area (Å²) in [7, 11) is 2.01. The van der Waals surface area contributed by atoms with E-state index >= 15 is 0 Å². The molecule has 0 amide bonds. The normalized spacial score (nSPS) is 22.0. The molecule has 1 rings (SSSR count). The van der Waals surface area contributed by atoms with Crippen LogP contribution in [0.15, 0.2) is 0 Å². The maximum absolute atomic E-state index is 10.9. The highest BCUT2D eigenvalue weighted by molar-refractivity contribution is 5.70. The van der Waals surface area contributed by atoms with Gasteiger partial charge in [0.15, 0.2) is 0 Å². The lowest BCUT2D eigenvalue weighted by Gasteiger charge is -2.32. The van der Waals surface area contributed by atoms with Gasteiger partial charge < -0.3 is 14.7 Å². The maximum atomic E-state index is 10.9. The van der Waals surface area contributed by atoms with E-state index in [4.69, 9.17) is 9.84 Å². The van der Waals surface area contributed by atoms with Gasteiger partial charge in [0, 0.05) is 25.8 Å². The second kappa shape index (κ2) is 6.21. The maximum Gasteiger partial charge on any atom is 0.307 e. The molecule has 0 radical (unpaired) electrons. The molecule has 1 heterocycles. The Kier molecular flexibility index (Phi) is 5.22. The molecule has 0 saturated carbocycles. The van der Waals surface area contributed by atoms with Crippen molar-refractivity contribution >= 4 is 5.97 Å². The number of ether oxygens (including phenoxy) is 1. The Balaban J connectivity index is 2.37. The summed E-state index contributed by atoms with van der Waals surface area (Å²) in [5, 5.41) is 8.96. The highest BCUT2D eigenvalue weighted by Gasteiger charge is 2.25. The average Bonchev–Trinajstić information content (AvgIpc) is 2.28. The van der Waals surface area contributed by atoms with Crippen LogP contribution in [-0.2, 0) is 9.53 Å². The van der Waals surface area contributed by atoms with E-state index in [-0.39, 0.29) is 12.0 Å². The van der Waals surface area contributed by atoms with Crippen LogP contribution >= 0.6 is 0 Å². The first-order valence-electron chi connectivity index (χ1n) is 6.03. The fraction of sp³-hybridized carbons (Fsp3) is 0.917. The zero-order chi connectivity index (χ0) is 12.1. The first kappa shape index (κ1) is 13.5. The number of carboxylic acid groups (broad SMARTS) is 1. The van der Waals surface area contributed by atoms with Gasteiger partial charge in [-0.2, -0.15) is 0 Å². The standard InChI is InChI=1S/C12H23NO3/c1-9(12(14)15)10(2)13(3)8-11-4-6-16-7-5-11/h9-11H,4-8H2,1-3H3,(H,14,15). The van der Waals surface area contributed by atoms with Gasteiger partial charge in [0.1, 0.15) is 0 Å². The largest absolute Gasteiger partial charge is 0.481 e. The predicted octanol–water partition coefficient (Wildman–Crippen LogP) is 1.45. The molecule has 0 aliphatic carbocycles. The predicted molar refractivity (Wildman–Crippen MR) is 62.4 cm³/mol. The summed E-state index contributed by atoms with van der Waals surface area (Å²) >= 11 is 0. The van der Waals surface area contributed by atoms with Crippen LogP contribution in [0.25, 0.3) is 0 Å². The molecule has 0 aromatic rings. The first-order valence-corrected chi connectivity index (χ1v) is 6.03. The highest BCUT2D eigenvalue weighted by atomic mass is 16.5. The fourth-order valence-corrected chi connectivity index (χ4v) is 2.09. The van der Waals surface area contributed by atoms with Gasteiger partial charge in [0.25, 0.3) is 0 Å². The second-order valence-electron chi connectivity index (χ2n) is 4.86. The lowest BCUT2D eigenvalue weighted by atomic mass is 9.97. The summed E-state index contributed by atoms with van der Waals surface area (Å²) in [5.74, 6) is -0.377. The number of nitrogens with zero attached hydrogens (tertiary/aromatic N) is 1. The number of hydrogen-bond acceptors (Lipinski definition) is 3. The van der Waals surface area contributed by atoms with Gasteiger partial charge >= 0.3 is 5.97 Å². The van der Waals surface area contributed by atoms with Crippen molar-refractivity contribution in [3.8, 4) is 0 Å². The molecule has 1 aliphatic heterocycles. The van der Waals surface area contributed by atoms with E-state index in [0.717, 1.165) is 32.6 Å². The molecular formula is C12H23NO3. The number of carboxylic acids is 1. The zero-order valence-corrected chi connectivity index (χ0v) is 10.5. The minimum atomic E-state index is -0.716. The lowest BCUT2D eigenvalue weighted by molar-refractivity contribution is -0.143. The summed E-state index contributed by atoms with van der Waals surface area (Å²) in [4.78, 5) is 13.1. The molecule has 0 spiro atoms. The molecular weight excluding hydrogens is 206 g/mol. The minimum absolute atomic E-state index is 0.0837. The molecule has 1 aliphatic rings. The summed E-state index contributed by atoms with van der Waals surface area (Å²) in [5.41, 5.74) is 0. The Labute approximate surface area is 97.6 Å². The van der Waals surface area contributed by atoms with Crippen LogP contribution < -0.4 is 0 Å². The molecule has 4 nitrogen and oxygen atoms in total. The Morgan fingerprint density at radius 1 is 1.44 bits per heavy atom. The van der Waals surface area contributed by atoms with E-state index in [9.17, 15) is 4.79 Å². The number of rotatable bonds is 5. The molecule has 16 heavy (non-hydrogen) atoms. The zero-order valence-electron chi connectivity index (χ0n) is 10.5. The number of aliphatic carboxylic acids is 1. The quantitative estimate of drug-likeness (QED) is 0.775. The monoisotopic (exact) mass is 229 g/mol. The van der Waals surface area contributed by atoms with Gasteiger partial charge in [-0.15, -0.1) is 0 Å². The summed E-state index contributed by atoms with van der Waals surface area (Å²) in [6.07, 6.45) is 2.19. The molecule has 0 aromatic heterocycles. The smallest absolute Gasteiger partial charge is 0.307 e. The minimum Gasteiger partial charge on any atom is -0.481 e. The topological polar surface area (TPSA) is 49.8 Å². The Morgan fingerprint density at radius 2 is 2.00 bits per heavy atom. The van der Waals surface area contributed by atoms with E-state index in [1.165, 1.54) is 0 Å². The lowest BCUT2D eigenvalue weighted by Crippen LogP contribution is -2.41. The van der Waals surface area contributed by atoms with E-state index in [1.54, 1.807) is 6.92 Å². The van der Waals surface area contributed by atoms with Gasteiger partial charge in [-0.1, -0.05) is 6.92 Å². The molecule has 1 fully saturated rings. The molecule has 0 aromatic carbocycles. The van der Waals surface area contributed by atoms with Gasteiger partial charge in [-0.3, -0.25) is 4.79 Å². The first-order chi connectivity index (χ1) is 7.52. The van der Waals surface area contributed by atoms with Crippen molar-refractivity contribution in [3.63, 3.8) is 0 Å². The third kappa shape index (κ3) is 3.76. The van der Waals surface area contributed by atoms with Crippen molar-refractivity contribution < 1.29 is 14.6 Å². The fourth-order valence-electron chi connectivity index (χ4n) is 2.09. The molecule has 94 valence electrons. The van der Waals surface area contributed by atoms with Crippen LogP contribution in [0.3, 0.4) is 0 Å². The molecule has 1 N–H and O–H groups in total. The van der Waals surface area contributed by atoms with E-state index < -0.39 is 5.97 Å². The van der Waals surface area contributed by atoms with Crippen LogP contribution in [0.5, 0.6) is 0 Å². The van der Waals surface area contributed by atoms with Crippen molar-refractivity contribution in [2.24, 2.45) is 11.8 Å². The Morgan fingerprint density at radius 3 is 2.50 bits per heavy atom. The third-order valence-corrected chi connectivity index (χ3v) is 3.70. The highest BCUT2D eigenvalue weighted by Crippen LogP contribution is 2.18. The molecule has 1 saturated heterocycles. The van der Waals surface area contributed by atoms with E-state index in [0.29, 0.717) is 5.92 Å². The van der Waals surface area contributed by atoms with Crippen LogP contribution in [0.1, 0.15) is 26.7 Å². The molecule has 2 unspecified atom stereocenters. The van der Waals surface area contributed by atoms with Crippen molar-refractivity contribution in [2.45, 2.75) is 32.7 Å². The van der Waals surface area contributed by atoms with Crippen molar-refractivity contribution in [1.29, 1.82) is 0 Å². The SMILES string of the molecule is CC(C(=O)O)C(C)N(C)CC1CCOCC1. The summed E-state index contributed by atoms with van der Waals surface area (Å²) in [6.45, 7) is 6.43. The van der Waals surface area contributed by atoms with Crippen LogP contribution in [0.2, 0.25) is 0 Å². The van der Waals surface area contributed by atoms with Crippen LogP contribution in [0, 0.1) is 11.8 Å². The van der Waals surface area contributed by atoms with Gasteiger partial charge in [-0.05, 0) is 32.7 Å². The van der Waals surface area contributed by atoms with Crippen LogP contribution in [-0.4, -0.2) is 48.8 Å². The van der Waals surface area contributed by atoms with Gasteiger partial charge in [0.2, 0.25) is 0 Å². The third-order valence-electron chi connectivity index (χ3n) is 3.70. The summed E-state index contributed by atoms with van der Waals surface area (Å²) < 4.78 is 5.31. The van der Waals surface area contributed by atoms with Gasteiger partial charge in [0.05, 0.1) is 5.92 Å². The van der Waals surface area contributed by atoms with Gasteiger partial charge in [-0.25, -0.2) is 0 Å². The van der Waals surface area contributed by atoms with Crippen molar-refractivity contribution in [2.75, 3.05) is 26.8 Å². The molecule has 2 atom stereocenters. The Hall–Kier alpha value is -0.610. The van der Waals surface area contributed by atoms with E-state index in [2.05, 4.69) is 4.90 Å². The second-order valence-corrected chi connectivity index (χ2v) is 4.86. The Bertz CT molecular complexity index is 226. The van der Waals surface area contributed by atoms with E-state index in [1.807, 2.05) is 14.0 Å². The van der Waals surface area contributed by atoms with Crippen LogP contribution in [0.4, 0.5) is 0 Å². The summed E-state index contributed by atoms with van der Waals surface area (Å²) in [6, 6.07) is 0.0837. The number of hydrogen-bond donors (Lipinski definition) is 1. The number of carbonyl (C=O) groups is 1. The molecule has 0 bridgehead atoms. The van der Waals surface area contributed by atoms with Crippen molar-refractivity contribution in [3.05, 3.63) is 0 Å².